The van der Waals surface area contributed by atoms with Gasteiger partial charge in [-0.25, -0.2) is 0 Å². The molecule has 11 heavy (non-hydrogen) atoms. The van der Waals surface area contributed by atoms with Gasteiger partial charge in [-0.2, -0.15) is 0 Å². The summed E-state index contributed by atoms with van der Waals surface area (Å²) in [7, 11) is 0. The van der Waals surface area contributed by atoms with Crippen molar-refractivity contribution < 1.29 is 0 Å². The summed E-state index contributed by atoms with van der Waals surface area (Å²) in [5.41, 5.74) is 0.282. The average Bonchev–Trinajstić information content (AvgIpc) is 2.02. The first-order chi connectivity index (χ1) is 5.18. The highest BCUT2D eigenvalue weighted by Gasteiger charge is 2.17. The lowest BCUT2D eigenvalue weighted by Crippen LogP contribution is -2.11. The molecule has 64 valence electrons. The fourth-order valence-corrected chi connectivity index (χ4v) is 1.20. The Morgan fingerprint density at radius 1 is 1.27 bits per heavy atom. The molecule has 0 aliphatic rings. The van der Waals surface area contributed by atoms with Gasteiger partial charge in [-0.1, -0.05) is 32.6 Å². The van der Waals surface area contributed by atoms with Crippen LogP contribution in [0.15, 0.2) is 0 Å². The first kappa shape index (κ1) is 10.6. The normalized spacial score (nSPS) is 14.9. The van der Waals surface area contributed by atoms with Crippen molar-refractivity contribution in [2.24, 2.45) is 5.41 Å². The van der Waals surface area contributed by atoms with Crippen LogP contribution >= 0.6 is 0 Å². The summed E-state index contributed by atoms with van der Waals surface area (Å²) in [6.07, 6.45) is 5.01. The summed E-state index contributed by atoms with van der Waals surface area (Å²) in [5.74, 6) is 6.31. The standard InChI is InChI=1S/C11H20/c1-5-8-10-11(4,7-3)9-6-2/h5,7-8,10H2,1-4H3. The van der Waals surface area contributed by atoms with Crippen LogP contribution in [-0.2, 0) is 0 Å². The Kier molecular flexibility index (Phi) is 5.03. The van der Waals surface area contributed by atoms with Crippen LogP contribution in [0.25, 0.3) is 0 Å². The molecule has 1 unspecified atom stereocenters. The van der Waals surface area contributed by atoms with Gasteiger partial charge in [0.1, 0.15) is 0 Å². The lowest BCUT2D eigenvalue weighted by atomic mass is 9.83. The van der Waals surface area contributed by atoms with Gasteiger partial charge in [0.15, 0.2) is 0 Å². The van der Waals surface area contributed by atoms with E-state index in [0.717, 1.165) is 0 Å². The van der Waals surface area contributed by atoms with Crippen molar-refractivity contribution in [3.63, 3.8) is 0 Å². The first-order valence-corrected chi connectivity index (χ1v) is 4.62. The second-order valence-corrected chi connectivity index (χ2v) is 3.39. The fourth-order valence-electron chi connectivity index (χ4n) is 1.20. The highest BCUT2D eigenvalue weighted by Crippen LogP contribution is 2.26. The molecule has 0 aromatic rings. The van der Waals surface area contributed by atoms with E-state index in [0.29, 0.717) is 0 Å². The third kappa shape index (κ3) is 4.09. The molecule has 0 heteroatoms. The van der Waals surface area contributed by atoms with Crippen LogP contribution in [0.1, 0.15) is 53.4 Å². The molecule has 0 saturated heterocycles. The minimum absolute atomic E-state index is 0.282. The Hall–Kier alpha value is -0.440. The Morgan fingerprint density at radius 3 is 2.27 bits per heavy atom. The maximum absolute atomic E-state index is 3.29. The molecule has 0 saturated carbocycles. The molecular weight excluding hydrogens is 132 g/mol. The summed E-state index contributed by atoms with van der Waals surface area (Å²) in [6.45, 7) is 8.65. The van der Waals surface area contributed by atoms with Gasteiger partial charge in [0.25, 0.3) is 0 Å². The maximum atomic E-state index is 3.29. The van der Waals surface area contributed by atoms with Crippen molar-refractivity contribution in [1.29, 1.82) is 0 Å². The lowest BCUT2D eigenvalue weighted by molar-refractivity contribution is 0.381. The second kappa shape index (κ2) is 5.24. The van der Waals surface area contributed by atoms with E-state index in [-0.39, 0.29) is 5.41 Å². The molecule has 0 nitrogen and oxygen atoms in total. The van der Waals surface area contributed by atoms with Crippen molar-refractivity contribution in [2.75, 3.05) is 0 Å². The summed E-state index contributed by atoms with van der Waals surface area (Å²) in [6, 6.07) is 0. The maximum Gasteiger partial charge on any atom is 0.0283 e. The molecule has 0 rings (SSSR count). The Bertz CT molecular complexity index is 147. The topological polar surface area (TPSA) is 0 Å². The van der Waals surface area contributed by atoms with Crippen molar-refractivity contribution in [3.8, 4) is 11.8 Å². The highest BCUT2D eigenvalue weighted by atomic mass is 14.2. The van der Waals surface area contributed by atoms with Gasteiger partial charge in [0.2, 0.25) is 0 Å². The van der Waals surface area contributed by atoms with E-state index in [1.54, 1.807) is 0 Å². The molecule has 0 spiro atoms. The molecule has 0 fully saturated rings. The number of hydrogen-bond acceptors (Lipinski definition) is 0. The van der Waals surface area contributed by atoms with Crippen LogP contribution in [0.3, 0.4) is 0 Å². The molecule has 0 aliphatic carbocycles. The largest absolute Gasteiger partial charge is 0.106 e. The molecule has 0 radical (unpaired) electrons. The van der Waals surface area contributed by atoms with E-state index >= 15 is 0 Å². The zero-order valence-electron chi connectivity index (χ0n) is 8.33. The number of rotatable bonds is 4. The van der Waals surface area contributed by atoms with Gasteiger partial charge in [0, 0.05) is 5.41 Å². The van der Waals surface area contributed by atoms with Crippen LogP contribution in [0.5, 0.6) is 0 Å². The Balaban J connectivity index is 3.95. The van der Waals surface area contributed by atoms with E-state index in [2.05, 4.69) is 32.6 Å². The first-order valence-electron chi connectivity index (χ1n) is 4.62. The fraction of sp³-hybridized carbons (Fsp3) is 0.818. The zero-order chi connectivity index (χ0) is 8.74. The Labute approximate surface area is 71.4 Å². The number of hydrogen-bond donors (Lipinski definition) is 0. The molecular formula is C11H20. The van der Waals surface area contributed by atoms with Crippen LogP contribution < -0.4 is 0 Å². The van der Waals surface area contributed by atoms with Gasteiger partial charge in [0.05, 0.1) is 0 Å². The monoisotopic (exact) mass is 152 g/mol. The molecule has 0 aromatic carbocycles. The lowest BCUT2D eigenvalue weighted by Gasteiger charge is -2.20. The van der Waals surface area contributed by atoms with Gasteiger partial charge < -0.3 is 0 Å². The van der Waals surface area contributed by atoms with Crippen molar-refractivity contribution >= 4 is 0 Å². The van der Waals surface area contributed by atoms with Crippen molar-refractivity contribution in [1.82, 2.24) is 0 Å². The van der Waals surface area contributed by atoms with E-state index in [9.17, 15) is 0 Å². The average molecular weight is 152 g/mol. The predicted molar refractivity (Wildman–Crippen MR) is 51.4 cm³/mol. The summed E-state index contributed by atoms with van der Waals surface area (Å²) >= 11 is 0. The molecule has 0 bridgehead atoms. The third-order valence-corrected chi connectivity index (χ3v) is 2.29. The summed E-state index contributed by atoms with van der Waals surface area (Å²) in [5, 5.41) is 0. The van der Waals surface area contributed by atoms with Crippen LogP contribution in [0, 0.1) is 17.3 Å². The van der Waals surface area contributed by atoms with E-state index < -0.39 is 0 Å². The molecule has 0 aliphatic heterocycles. The quantitative estimate of drug-likeness (QED) is 0.540. The van der Waals surface area contributed by atoms with Crippen molar-refractivity contribution in [3.05, 3.63) is 0 Å². The molecule has 0 heterocycles. The van der Waals surface area contributed by atoms with Gasteiger partial charge >= 0.3 is 0 Å². The second-order valence-electron chi connectivity index (χ2n) is 3.39. The highest BCUT2D eigenvalue weighted by molar-refractivity contribution is 5.07. The molecule has 1 atom stereocenters. The van der Waals surface area contributed by atoms with Crippen LogP contribution in [0.4, 0.5) is 0 Å². The van der Waals surface area contributed by atoms with Gasteiger partial charge in [-0.15, -0.1) is 5.92 Å². The van der Waals surface area contributed by atoms with E-state index in [1.807, 2.05) is 6.92 Å². The SMILES string of the molecule is CC#CC(C)(CC)CCCC. The Morgan fingerprint density at radius 2 is 1.91 bits per heavy atom. The van der Waals surface area contributed by atoms with E-state index in [4.69, 9.17) is 0 Å². The van der Waals surface area contributed by atoms with Crippen LogP contribution in [-0.4, -0.2) is 0 Å². The van der Waals surface area contributed by atoms with Crippen LogP contribution in [0.2, 0.25) is 0 Å². The predicted octanol–water partition coefficient (Wildman–Crippen LogP) is 3.62. The molecule has 0 amide bonds. The van der Waals surface area contributed by atoms with Gasteiger partial charge in [-0.05, 0) is 26.7 Å². The molecule has 0 N–H and O–H groups in total. The van der Waals surface area contributed by atoms with Gasteiger partial charge in [-0.3, -0.25) is 0 Å². The smallest absolute Gasteiger partial charge is 0.0283 e. The zero-order valence-corrected chi connectivity index (χ0v) is 8.33. The van der Waals surface area contributed by atoms with Crippen molar-refractivity contribution in [2.45, 2.75) is 53.4 Å². The van der Waals surface area contributed by atoms with E-state index in [1.165, 1.54) is 25.7 Å². The molecule has 0 aromatic heterocycles. The summed E-state index contributed by atoms with van der Waals surface area (Å²) < 4.78 is 0. The number of unbranched alkanes of at least 4 members (excludes halogenated alkanes) is 1. The summed E-state index contributed by atoms with van der Waals surface area (Å²) in [4.78, 5) is 0. The third-order valence-electron chi connectivity index (χ3n) is 2.29. The minimum atomic E-state index is 0.282. The minimum Gasteiger partial charge on any atom is -0.106 e.